The second-order valence-electron chi connectivity index (χ2n) is 6.92. The second-order valence-corrected chi connectivity index (χ2v) is 7.90. The van der Waals surface area contributed by atoms with Gasteiger partial charge in [-0.25, -0.2) is 0 Å². The van der Waals surface area contributed by atoms with Crippen molar-refractivity contribution in [2.45, 2.75) is 19.9 Å². The van der Waals surface area contributed by atoms with Gasteiger partial charge in [-0.15, -0.1) is 11.3 Å². The van der Waals surface area contributed by atoms with Crippen molar-refractivity contribution in [2.75, 3.05) is 33.3 Å². The molecule has 3 rings (SSSR count). The van der Waals surface area contributed by atoms with E-state index in [0.717, 1.165) is 18.0 Å². The van der Waals surface area contributed by atoms with E-state index in [2.05, 4.69) is 4.90 Å². The Morgan fingerprint density at radius 2 is 1.97 bits per heavy atom. The number of hydrogen-bond donors (Lipinski definition) is 2. The van der Waals surface area contributed by atoms with Crippen LogP contribution in [0.1, 0.15) is 30.3 Å². The number of aromatic hydroxyl groups is 1. The minimum absolute atomic E-state index is 0.0116. The van der Waals surface area contributed by atoms with E-state index in [9.17, 15) is 19.8 Å². The standard InChI is InChI=1S/C22H26N2O5S/c1-4-23(5-2)10-11-24-19(17-7-6-12-30-17)18(21(27)22(24)28)20(26)15-9-8-14(29-3)13-16(15)25/h6-9,12-13,19,25-26H,4-5,10-11H2,1-3H3/t19-/m0/s1. The normalized spacial score (nSPS) is 18.4. The number of rotatable bonds is 8. The van der Waals surface area contributed by atoms with Crippen molar-refractivity contribution in [1.29, 1.82) is 0 Å². The van der Waals surface area contributed by atoms with Gasteiger partial charge in [-0.3, -0.25) is 9.59 Å². The van der Waals surface area contributed by atoms with Crippen LogP contribution in [0.3, 0.4) is 0 Å². The van der Waals surface area contributed by atoms with E-state index in [1.54, 1.807) is 6.07 Å². The maximum Gasteiger partial charge on any atom is 0.295 e. The van der Waals surface area contributed by atoms with E-state index in [1.807, 2.05) is 31.4 Å². The number of likely N-dealkylation sites (N-methyl/N-ethyl adjacent to an activating group) is 1. The van der Waals surface area contributed by atoms with Gasteiger partial charge in [0.1, 0.15) is 17.3 Å². The highest BCUT2D eigenvalue weighted by Gasteiger charge is 2.46. The summed E-state index contributed by atoms with van der Waals surface area (Å²) in [5.74, 6) is -1.60. The average molecular weight is 431 g/mol. The first kappa shape index (κ1) is 21.9. The molecule has 1 aromatic carbocycles. The molecule has 0 radical (unpaired) electrons. The van der Waals surface area contributed by atoms with Crippen LogP contribution in [0, 0.1) is 0 Å². The highest BCUT2D eigenvalue weighted by molar-refractivity contribution is 7.10. The van der Waals surface area contributed by atoms with Crippen molar-refractivity contribution in [3.8, 4) is 11.5 Å². The van der Waals surface area contributed by atoms with Crippen LogP contribution >= 0.6 is 11.3 Å². The van der Waals surface area contributed by atoms with Crippen molar-refractivity contribution in [3.63, 3.8) is 0 Å². The molecule has 1 atom stereocenters. The Morgan fingerprint density at radius 3 is 2.53 bits per heavy atom. The first-order valence-corrected chi connectivity index (χ1v) is 10.7. The van der Waals surface area contributed by atoms with Crippen LogP contribution in [0.4, 0.5) is 0 Å². The molecule has 2 aromatic rings. The number of carbonyl (C=O) groups is 2. The summed E-state index contributed by atoms with van der Waals surface area (Å²) in [4.78, 5) is 30.3. The van der Waals surface area contributed by atoms with E-state index < -0.39 is 23.5 Å². The van der Waals surface area contributed by atoms with E-state index in [-0.39, 0.29) is 16.9 Å². The fourth-order valence-electron chi connectivity index (χ4n) is 3.63. The predicted octanol–water partition coefficient (Wildman–Crippen LogP) is 3.23. The van der Waals surface area contributed by atoms with E-state index in [4.69, 9.17) is 4.74 Å². The summed E-state index contributed by atoms with van der Waals surface area (Å²) in [7, 11) is 1.46. The highest BCUT2D eigenvalue weighted by Crippen LogP contribution is 2.42. The fraction of sp³-hybridized carbons (Fsp3) is 0.364. The number of aliphatic hydroxyl groups is 1. The summed E-state index contributed by atoms with van der Waals surface area (Å²) in [6, 6.07) is 7.39. The van der Waals surface area contributed by atoms with Crippen molar-refractivity contribution >= 4 is 28.8 Å². The molecular formula is C22H26N2O5S. The molecule has 8 heteroatoms. The summed E-state index contributed by atoms with van der Waals surface area (Å²) in [5.41, 5.74) is 0.0709. The molecule has 0 unspecified atom stereocenters. The summed E-state index contributed by atoms with van der Waals surface area (Å²) in [6.07, 6.45) is 0. The molecule has 30 heavy (non-hydrogen) atoms. The topological polar surface area (TPSA) is 90.3 Å². The van der Waals surface area contributed by atoms with Crippen molar-refractivity contribution in [1.82, 2.24) is 9.80 Å². The molecule has 1 aromatic heterocycles. The van der Waals surface area contributed by atoms with Crippen LogP contribution in [0.25, 0.3) is 5.76 Å². The van der Waals surface area contributed by atoms with Crippen molar-refractivity contribution in [2.24, 2.45) is 0 Å². The Kier molecular flexibility index (Phi) is 6.79. The number of aliphatic hydroxyl groups excluding tert-OH is 1. The molecule has 0 saturated carbocycles. The van der Waals surface area contributed by atoms with Crippen molar-refractivity contribution in [3.05, 3.63) is 51.7 Å². The molecule has 0 bridgehead atoms. The smallest absolute Gasteiger partial charge is 0.295 e. The van der Waals surface area contributed by atoms with Crippen LogP contribution < -0.4 is 4.74 Å². The second kappa shape index (κ2) is 9.32. The minimum Gasteiger partial charge on any atom is -0.507 e. The zero-order chi connectivity index (χ0) is 21.8. The third-order valence-electron chi connectivity index (χ3n) is 5.36. The first-order valence-electron chi connectivity index (χ1n) is 9.84. The monoisotopic (exact) mass is 430 g/mol. The Balaban J connectivity index is 2.07. The maximum absolute atomic E-state index is 12.9. The van der Waals surface area contributed by atoms with Crippen molar-refractivity contribution < 1.29 is 24.5 Å². The number of hydrogen-bond acceptors (Lipinski definition) is 7. The molecule has 2 heterocycles. The van der Waals surface area contributed by atoms with Crippen LogP contribution in [-0.2, 0) is 9.59 Å². The molecular weight excluding hydrogens is 404 g/mol. The lowest BCUT2D eigenvalue weighted by Crippen LogP contribution is -2.37. The summed E-state index contributed by atoms with van der Waals surface area (Å²) < 4.78 is 5.08. The predicted molar refractivity (Wildman–Crippen MR) is 116 cm³/mol. The molecule has 0 spiro atoms. The zero-order valence-corrected chi connectivity index (χ0v) is 18.1. The number of amides is 1. The summed E-state index contributed by atoms with van der Waals surface area (Å²) in [5, 5.41) is 23.2. The lowest BCUT2D eigenvalue weighted by molar-refractivity contribution is -0.140. The largest absolute Gasteiger partial charge is 0.507 e. The third-order valence-corrected chi connectivity index (χ3v) is 6.29. The quantitative estimate of drug-likeness (QED) is 0.380. The van der Waals surface area contributed by atoms with Gasteiger partial charge in [0.05, 0.1) is 24.3 Å². The number of benzene rings is 1. The molecule has 0 aliphatic carbocycles. The highest BCUT2D eigenvalue weighted by atomic mass is 32.1. The maximum atomic E-state index is 12.9. The minimum atomic E-state index is -0.749. The summed E-state index contributed by atoms with van der Waals surface area (Å²) >= 11 is 1.41. The van der Waals surface area contributed by atoms with Gasteiger partial charge in [-0.2, -0.15) is 0 Å². The molecule has 1 aliphatic rings. The number of phenols is 1. The molecule has 1 saturated heterocycles. The average Bonchev–Trinajstić information content (AvgIpc) is 3.36. The van der Waals surface area contributed by atoms with Crippen LogP contribution in [0.5, 0.6) is 11.5 Å². The first-order chi connectivity index (χ1) is 14.4. The Bertz CT molecular complexity index is 950. The van der Waals surface area contributed by atoms with Gasteiger partial charge in [-0.05, 0) is 36.7 Å². The fourth-order valence-corrected chi connectivity index (χ4v) is 4.47. The Labute approximate surface area is 179 Å². The van der Waals surface area contributed by atoms with Gasteiger partial charge < -0.3 is 24.7 Å². The molecule has 1 amide bonds. The number of carbonyl (C=O) groups excluding carboxylic acids is 2. The van der Waals surface area contributed by atoms with Gasteiger partial charge >= 0.3 is 0 Å². The molecule has 7 nitrogen and oxygen atoms in total. The Morgan fingerprint density at radius 1 is 1.23 bits per heavy atom. The number of phenolic OH excluding ortho intramolecular Hbond substituents is 1. The van der Waals surface area contributed by atoms with Gasteiger partial charge in [0.2, 0.25) is 0 Å². The van der Waals surface area contributed by atoms with E-state index in [1.165, 1.54) is 35.5 Å². The zero-order valence-electron chi connectivity index (χ0n) is 17.3. The van der Waals surface area contributed by atoms with Crippen LogP contribution in [0.2, 0.25) is 0 Å². The SMILES string of the molecule is CCN(CC)CCN1C(=O)C(=O)C(=C(O)c2ccc(OC)cc2O)[C@@H]1c1cccs1. The van der Waals surface area contributed by atoms with Gasteiger partial charge in [0, 0.05) is 24.0 Å². The molecule has 1 aliphatic heterocycles. The van der Waals surface area contributed by atoms with Crippen LogP contribution in [0.15, 0.2) is 41.3 Å². The lowest BCUT2D eigenvalue weighted by atomic mass is 9.99. The third kappa shape index (κ3) is 4.06. The summed E-state index contributed by atoms with van der Waals surface area (Å²) in [6.45, 7) is 6.74. The molecule has 160 valence electrons. The Hall–Kier alpha value is -2.84. The number of methoxy groups -OCH3 is 1. The molecule has 1 fully saturated rings. The molecule has 2 N–H and O–H groups in total. The van der Waals surface area contributed by atoms with Crippen LogP contribution in [-0.4, -0.2) is 65.0 Å². The van der Waals surface area contributed by atoms with E-state index in [0.29, 0.717) is 18.8 Å². The number of ether oxygens (including phenoxy) is 1. The number of thiophene rings is 1. The number of nitrogens with zero attached hydrogens (tertiary/aromatic N) is 2. The lowest BCUT2D eigenvalue weighted by Gasteiger charge is -2.27. The number of ketones is 1. The van der Waals surface area contributed by atoms with E-state index >= 15 is 0 Å². The van der Waals surface area contributed by atoms with Gasteiger partial charge in [-0.1, -0.05) is 19.9 Å². The van der Waals surface area contributed by atoms with Gasteiger partial charge in [0.25, 0.3) is 11.7 Å². The van der Waals surface area contributed by atoms with Gasteiger partial charge in [0.15, 0.2) is 0 Å². The number of likely N-dealkylation sites (tertiary alicyclic amines) is 1. The number of Topliss-reactive ketones (excluding diaryl/α,β-unsaturated/α-hetero) is 1.